The van der Waals surface area contributed by atoms with Gasteiger partial charge >= 0.3 is 0 Å². The van der Waals surface area contributed by atoms with Crippen LogP contribution in [-0.4, -0.2) is 48.4 Å². The summed E-state index contributed by atoms with van der Waals surface area (Å²) in [6.07, 6.45) is 5.27. The van der Waals surface area contributed by atoms with Gasteiger partial charge in [-0.25, -0.2) is 0 Å². The van der Waals surface area contributed by atoms with Gasteiger partial charge in [0.2, 0.25) is 11.8 Å². The first-order chi connectivity index (χ1) is 8.68. The van der Waals surface area contributed by atoms with Gasteiger partial charge in [-0.1, -0.05) is 0 Å². The summed E-state index contributed by atoms with van der Waals surface area (Å²) in [5.74, 6) is 0.0198. The van der Waals surface area contributed by atoms with E-state index in [9.17, 15) is 9.59 Å². The first-order valence-corrected chi connectivity index (χ1v) is 7.01. The molecule has 2 amide bonds. The molecule has 1 unspecified atom stereocenters. The highest BCUT2D eigenvalue weighted by atomic mass is 16.2. The Morgan fingerprint density at radius 2 is 1.94 bits per heavy atom. The van der Waals surface area contributed by atoms with Crippen molar-refractivity contribution < 1.29 is 9.59 Å². The molecule has 0 aliphatic carbocycles. The van der Waals surface area contributed by atoms with Gasteiger partial charge in [-0.3, -0.25) is 9.59 Å². The minimum Gasteiger partial charge on any atom is -0.343 e. The Morgan fingerprint density at radius 3 is 2.56 bits per heavy atom. The minimum atomic E-state index is -0.405. The maximum atomic E-state index is 12.1. The normalized spacial score (nSPS) is 25.8. The molecule has 5 heteroatoms. The quantitative estimate of drug-likeness (QED) is 0.758. The van der Waals surface area contributed by atoms with Crippen LogP contribution in [0.1, 0.15) is 39.0 Å². The monoisotopic (exact) mass is 253 g/mol. The summed E-state index contributed by atoms with van der Waals surface area (Å²) in [5, 5.41) is 5.97. The fourth-order valence-corrected chi connectivity index (χ4v) is 2.67. The number of nitrogens with one attached hydrogen (secondary N) is 2. The highest BCUT2D eigenvalue weighted by Gasteiger charge is 2.27. The maximum absolute atomic E-state index is 12.1. The summed E-state index contributed by atoms with van der Waals surface area (Å²) in [6, 6.07) is -0.514. The lowest BCUT2D eigenvalue weighted by atomic mass is 10.1. The van der Waals surface area contributed by atoms with Gasteiger partial charge in [0.25, 0.3) is 0 Å². The van der Waals surface area contributed by atoms with Gasteiger partial charge in [0.15, 0.2) is 0 Å². The lowest BCUT2D eigenvalue weighted by Crippen LogP contribution is -2.52. The third kappa shape index (κ3) is 3.22. The van der Waals surface area contributed by atoms with Gasteiger partial charge in [0.1, 0.15) is 6.04 Å². The van der Waals surface area contributed by atoms with Crippen LogP contribution in [0, 0.1) is 0 Å². The Balaban J connectivity index is 1.80. The highest BCUT2D eigenvalue weighted by molar-refractivity contribution is 5.89. The van der Waals surface area contributed by atoms with Crippen molar-refractivity contribution in [1.29, 1.82) is 0 Å². The van der Waals surface area contributed by atoms with E-state index in [4.69, 9.17) is 0 Å². The van der Waals surface area contributed by atoms with E-state index in [1.54, 1.807) is 6.92 Å². The van der Waals surface area contributed by atoms with E-state index in [2.05, 4.69) is 10.6 Å². The second kappa shape index (κ2) is 6.18. The van der Waals surface area contributed by atoms with Crippen LogP contribution in [0.5, 0.6) is 0 Å². The maximum Gasteiger partial charge on any atom is 0.244 e. The molecule has 2 aliphatic rings. The molecule has 0 radical (unpaired) electrons. The van der Waals surface area contributed by atoms with Gasteiger partial charge in [0.05, 0.1) is 6.04 Å². The lowest BCUT2D eigenvalue weighted by molar-refractivity contribution is -0.137. The first-order valence-electron chi connectivity index (χ1n) is 7.01. The molecule has 0 saturated carbocycles. The van der Waals surface area contributed by atoms with E-state index in [-0.39, 0.29) is 17.9 Å². The van der Waals surface area contributed by atoms with Crippen molar-refractivity contribution >= 4 is 11.8 Å². The topological polar surface area (TPSA) is 61.4 Å². The number of carbonyl (C=O) groups excluding carboxylic acids is 2. The molecule has 18 heavy (non-hydrogen) atoms. The molecular formula is C13H23N3O2. The fraction of sp³-hybridized carbons (Fsp3) is 0.846. The molecule has 5 nitrogen and oxygen atoms in total. The molecule has 2 atom stereocenters. The van der Waals surface area contributed by atoms with E-state index < -0.39 is 6.04 Å². The number of hydrogen-bond donors (Lipinski definition) is 2. The van der Waals surface area contributed by atoms with Crippen molar-refractivity contribution in [2.45, 2.75) is 51.1 Å². The number of likely N-dealkylation sites (tertiary alicyclic amines) is 1. The molecule has 2 heterocycles. The Labute approximate surface area is 108 Å². The van der Waals surface area contributed by atoms with Crippen LogP contribution in [0.2, 0.25) is 0 Å². The van der Waals surface area contributed by atoms with E-state index >= 15 is 0 Å². The molecular weight excluding hydrogens is 230 g/mol. The molecule has 2 N–H and O–H groups in total. The van der Waals surface area contributed by atoms with Gasteiger partial charge in [-0.15, -0.1) is 0 Å². The predicted octanol–water partition coefficient (Wildman–Crippen LogP) is 0.256. The van der Waals surface area contributed by atoms with E-state index in [0.717, 1.165) is 45.3 Å². The summed E-state index contributed by atoms with van der Waals surface area (Å²) in [4.78, 5) is 25.9. The van der Waals surface area contributed by atoms with Crippen LogP contribution in [0.4, 0.5) is 0 Å². The zero-order valence-electron chi connectivity index (χ0n) is 11.1. The number of carbonyl (C=O) groups is 2. The third-order valence-electron chi connectivity index (χ3n) is 3.77. The third-order valence-corrected chi connectivity index (χ3v) is 3.77. The predicted molar refractivity (Wildman–Crippen MR) is 69.1 cm³/mol. The van der Waals surface area contributed by atoms with Crippen LogP contribution < -0.4 is 10.6 Å². The Kier molecular flexibility index (Phi) is 4.58. The molecule has 0 aromatic carbocycles. The van der Waals surface area contributed by atoms with Crippen molar-refractivity contribution in [3.63, 3.8) is 0 Å². The van der Waals surface area contributed by atoms with Crippen molar-refractivity contribution in [1.82, 2.24) is 15.5 Å². The van der Waals surface area contributed by atoms with Gasteiger partial charge in [0, 0.05) is 13.1 Å². The average Bonchev–Trinajstić information content (AvgIpc) is 2.92. The summed E-state index contributed by atoms with van der Waals surface area (Å²) >= 11 is 0. The van der Waals surface area contributed by atoms with Crippen molar-refractivity contribution in [3.8, 4) is 0 Å². The molecule has 0 spiro atoms. The lowest BCUT2D eigenvalue weighted by Gasteiger charge is -2.29. The summed E-state index contributed by atoms with van der Waals surface area (Å²) < 4.78 is 0. The zero-order chi connectivity index (χ0) is 13.0. The van der Waals surface area contributed by atoms with Crippen LogP contribution in [0.3, 0.4) is 0 Å². The molecule has 2 rings (SSSR count). The van der Waals surface area contributed by atoms with Gasteiger partial charge < -0.3 is 15.5 Å². The van der Waals surface area contributed by atoms with E-state index in [0.29, 0.717) is 0 Å². The number of rotatable bonds is 3. The minimum absolute atomic E-state index is 0.0367. The number of hydrogen-bond acceptors (Lipinski definition) is 3. The molecule has 0 aromatic rings. The van der Waals surface area contributed by atoms with Crippen molar-refractivity contribution in [2.75, 3.05) is 19.6 Å². The Hall–Kier alpha value is -1.10. The van der Waals surface area contributed by atoms with Crippen LogP contribution in [-0.2, 0) is 9.59 Å². The van der Waals surface area contributed by atoms with E-state index in [1.807, 2.05) is 4.90 Å². The Bertz CT molecular complexity index is 307. The highest BCUT2D eigenvalue weighted by Crippen LogP contribution is 2.10. The number of nitrogens with zero attached hydrogens (tertiary/aromatic N) is 1. The molecule has 2 fully saturated rings. The standard InChI is InChI=1S/C13H23N3O2/c1-10(13(18)16-8-3-2-4-9-16)15-12(17)11-6-5-7-14-11/h10-11,14H,2-9H2,1H3,(H,15,17)/t10-,11?/m0/s1. The smallest absolute Gasteiger partial charge is 0.244 e. The number of amides is 2. The summed E-state index contributed by atoms with van der Waals surface area (Å²) in [7, 11) is 0. The van der Waals surface area contributed by atoms with E-state index in [1.165, 1.54) is 6.42 Å². The average molecular weight is 253 g/mol. The molecule has 102 valence electrons. The van der Waals surface area contributed by atoms with Crippen LogP contribution in [0.15, 0.2) is 0 Å². The molecule has 0 bridgehead atoms. The SMILES string of the molecule is C[C@H](NC(=O)C1CCCN1)C(=O)N1CCCCC1. The van der Waals surface area contributed by atoms with Crippen molar-refractivity contribution in [3.05, 3.63) is 0 Å². The van der Waals surface area contributed by atoms with Crippen LogP contribution in [0.25, 0.3) is 0 Å². The number of piperidine rings is 1. The summed E-state index contributed by atoms with van der Waals surface area (Å²) in [6.45, 7) is 4.35. The second-order valence-electron chi connectivity index (χ2n) is 5.27. The van der Waals surface area contributed by atoms with Crippen molar-refractivity contribution in [2.24, 2.45) is 0 Å². The van der Waals surface area contributed by atoms with Gasteiger partial charge in [-0.2, -0.15) is 0 Å². The first kappa shape index (κ1) is 13.3. The molecule has 0 aromatic heterocycles. The summed E-state index contributed by atoms with van der Waals surface area (Å²) in [5.41, 5.74) is 0. The molecule has 2 aliphatic heterocycles. The largest absolute Gasteiger partial charge is 0.343 e. The zero-order valence-corrected chi connectivity index (χ0v) is 11.1. The molecule has 2 saturated heterocycles. The Morgan fingerprint density at radius 1 is 1.22 bits per heavy atom. The second-order valence-corrected chi connectivity index (χ2v) is 5.27. The van der Waals surface area contributed by atoms with Gasteiger partial charge in [-0.05, 0) is 45.6 Å². The van der Waals surface area contributed by atoms with Crippen LogP contribution >= 0.6 is 0 Å². The fourth-order valence-electron chi connectivity index (χ4n) is 2.67.